The minimum Gasteiger partial charge on any atom is -0.331 e. The molecule has 0 aromatic heterocycles. The summed E-state index contributed by atoms with van der Waals surface area (Å²) in [5.74, 6) is -0.0474. The van der Waals surface area contributed by atoms with Crippen molar-refractivity contribution in [2.45, 2.75) is 13.8 Å². The number of amides is 1. The number of benzene rings is 2. The Kier molecular flexibility index (Phi) is 4.87. The first-order valence-corrected chi connectivity index (χ1v) is 8.91. The smallest absolute Gasteiger partial charge is 0.250 e. The molecule has 3 rings (SSSR count). The van der Waals surface area contributed by atoms with Gasteiger partial charge in [-0.15, -0.1) is 0 Å². The van der Waals surface area contributed by atoms with Crippen LogP contribution in [-0.2, 0) is 4.79 Å². The Labute approximate surface area is 155 Å². The number of nitrogens with zero attached hydrogens (tertiary/aromatic N) is 2. The predicted octanol–water partition coefficient (Wildman–Crippen LogP) is 4.35. The van der Waals surface area contributed by atoms with E-state index in [1.165, 1.54) is 0 Å². The van der Waals surface area contributed by atoms with Crippen LogP contribution in [0, 0.1) is 12.8 Å². The van der Waals surface area contributed by atoms with Crippen molar-refractivity contribution in [1.29, 1.82) is 0 Å². The van der Waals surface area contributed by atoms with Crippen molar-refractivity contribution in [2.24, 2.45) is 5.92 Å². The molecule has 0 saturated carbocycles. The molecule has 0 bridgehead atoms. The summed E-state index contributed by atoms with van der Waals surface area (Å²) < 4.78 is 1.02. The number of aryl methyl sites for hydroxylation is 1. The van der Waals surface area contributed by atoms with Gasteiger partial charge in [0.2, 0.25) is 0 Å². The van der Waals surface area contributed by atoms with E-state index in [0.717, 1.165) is 21.4 Å². The molecule has 0 spiro atoms. The minimum atomic E-state index is -0.101. The number of hydrogen-bond donors (Lipinski definition) is 1. The van der Waals surface area contributed by atoms with Crippen molar-refractivity contribution in [1.82, 2.24) is 5.01 Å². The fourth-order valence-electron chi connectivity index (χ4n) is 2.70. The van der Waals surface area contributed by atoms with Gasteiger partial charge in [0.1, 0.15) is 0 Å². The molecule has 1 N–H and O–H groups in total. The largest absolute Gasteiger partial charge is 0.331 e. The Morgan fingerprint density at radius 3 is 2.62 bits per heavy atom. The van der Waals surface area contributed by atoms with Crippen LogP contribution in [0.2, 0.25) is 0 Å². The quantitative estimate of drug-likeness (QED) is 0.755. The van der Waals surface area contributed by atoms with Crippen molar-refractivity contribution < 1.29 is 4.79 Å². The Morgan fingerprint density at radius 2 is 1.96 bits per heavy atom. The van der Waals surface area contributed by atoms with Crippen molar-refractivity contribution in [3.05, 3.63) is 58.6 Å². The summed E-state index contributed by atoms with van der Waals surface area (Å²) in [6.45, 7) is 4.50. The number of hydrazine groups is 1. The Bertz CT molecular complexity index is 781. The predicted molar refractivity (Wildman–Crippen MR) is 105 cm³/mol. The highest BCUT2D eigenvalue weighted by atomic mass is 79.9. The number of carbonyl (C=O) groups is 1. The molecule has 2 aromatic rings. The molecule has 1 aliphatic rings. The van der Waals surface area contributed by atoms with Gasteiger partial charge < -0.3 is 5.32 Å². The van der Waals surface area contributed by atoms with Crippen LogP contribution in [0.3, 0.4) is 0 Å². The van der Waals surface area contributed by atoms with Crippen LogP contribution in [0.4, 0.5) is 11.4 Å². The van der Waals surface area contributed by atoms with Gasteiger partial charge in [-0.05, 0) is 55.0 Å². The number of hydrogen-bond acceptors (Lipinski definition) is 2. The van der Waals surface area contributed by atoms with Crippen LogP contribution in [0.1, 0.15) is 12.5 Å². The summed E-state index contributed by atoms with van der Waals surface area (Å²) in [5, 5.41) is 7.27. The van der Waals surface area contributed by atoms with Crippen molar-refractivity contribution >= 4 is 50.5 Å². The molecule has 1 amide bonds. The highest BCUT2D eigenvalue weighted by Crippen LogP contribution is 2.27. The molecule has 0 aliphatic carbocycles. The lowest BCUT2D eigenvalue weighted by Gasteiger charge is -2.30. The SMILES string of the molecule is Cc1cc(Br)ccc1NC(=S)N1CC(C)C(=O)N1c1ccccc1. The summed E-state index contributed by atoms with van der Waals surface area (Å²) in [6.07, 6.45) is 0. The number of halogens is 1. The van der Waals surface area contributed by atoms with E-state index < -0.39 is 0 Å². The second kappa shape index (κ2) is 6.91. The maximum atomic E-state index is 12.6. The van der Waals surface area contributed by atoms with E-state index in [4.69, 9.17) is 12.2 Å². The Balaban J connectivity index is 1.86. The molecule has 6 heteroatoms. The van der Waals surface area contributed by atoms with Gasteiger partial charge in [-0.25, -0.2) is 5.01 Å². The van der Waals surface area contributed by atoms with Gasteiger partial charge in [0.05, 0.1) is 18.2 Å². The summed E-state index contributed by atoms with van der Waals surface area (Å²) in [7, 11) is 0. The molecule has 4 nitrogen and oxygen atoms in total. The van der Waals surface area contributed by atoms with Gasteiger partial charge >= 0.3 is 0 Å². The van der Waals surface area contributed by atoms with Crippen molar-refractivity contribution in [3.8, 4) is 0 Å². The first kappa shape index (κ1) is 16.9. The lowest BCUT2D eigenvalue weighted by molar-refractivity contribution is -0.120. The summed E-state index contributed by atoms with van der Waals surface area (Å²) in [4.78, 5) is 12.6. The number of nitrogens with one attached hydrogen (secondary N) is 1. The van der Waals surface area contributed by atoms with Gasteiger partial charge in [0.15, 0.2) is 5.11 Å². The maximum Gasteiger partial charge on any atom is 0.250 e. The Hall–Kier alpha value is -1.92. The zero-order valence-electron chi connectivity index (χ0n) is 13.5. The van der Waals surface area contributed by atoms with Gasteiger partial charge in [0.25, 0.3) is 5.91 Å². The standard InChI is InChI=1S/C18H18BrN3OS/c1-12-10-14(19)8-9-16(12)20-18(24)21-11-13(2)17(23)22(21)15-6-4-3-5-7-15/h3-10,13H,11H2,1-2H3,(H,20,24). The van der Waals surface area contributed by atoms with Crippen LogP contribution in [0.25, 0.3) is 0 Å². The second-order valence-electron chi connectivity index (χ2n) is 5.86. The van der Waals surface area contributed by atoms with E-state index in [1.807, 2.05) is 67.4 Å². The molecule has 124 valence electrons. The summed E-state index contributed by atoms with van der Waals surface area (Å²) in [6, 6.07) is 15.5. The summed E-state index contributed by atoms with van der Waals surface area (Å²) in [5.41, 5.74) is 2.84. The first-order chi connectivity index (χ1) is 11.5. The van der Waals surface area contributed by atoms with E-state index in [1.54, 1.807) is 5.01 Å². The van der Waals surface area contributed by atoms with Gasteiger partial charge in [0, 0.05) is 10.2 Å². The second-order valence-corrected chi connectivity index (χ2v) is 7.16. The number of rotatable bonds is 2. The highest BCUT2D eigenvalue weighted by Gasteiger charge is 2.37. The average Bonchev–Trinajstić information content (AvgIpc) is 2.86. The van der Waals surface area contributed by atoms with Crippen LogP contribution in [-0.4, -0.2) is 22.6 Å². The maximum absolute atomic E-state index is 12.6. The molecular formula is C18H18BrN3OS. The molecule has 2 aromatic carbocycles. The monoisotopic (exact) mass is 403 g/mol. The molecular weight excluding hydrogens is 386 g/mol. The molecule has 24 heavy (non-hydrogen) atoms. The lowest BCUT2D eigenvalue weighted by Crippen LogP contribution is -2.45. The lowest BCUT2D eigenvalue weighted by atomic mass is 10.2. The van der Waals surface area contributed by atoms with E-state index in [9.17, 15) is 4.79 Å². The number of para-hydroxylation sites is 1. The number of carbonyl (C=O) groups excluding carboxylic acids is 1. The highest BCUT2D eigenvalue weighted by molar-refractivity contribution is 9.10. The van der Waals surface area contributed by atoms with Crippen LogP contribution in [0.15, 0.2) is 53.0 Å². The molecule has 1 aliphatic heterocycles. The third-order valence-corrected chi connectivity index (χ3v) is 4.79. The molecule has 1 saturated heterocycles. The molecule has 0 radical (unpaired) electrons. The fraction of sp³-hybridized carbons (Fsp3) is 0.222. The van der Waals surface area contributed by atoms with E-state index in [2.05, 4.69) is 21.2 Å². The van der Waals surface area contributed by atoms with Crippen LogP contribution < -0.4 is 10.3 Å². The van der Waals surface area contributed by atoms with Crippen LogP contribution in [0.5, 0.6) is 0 Å². The Morgan fingerprint density at radius 1 is 1.25 bits per heavy atom. The molecule has 1 heterocycles. The number of anilines is 2. The zero-order chi connectivity index (χ0) is 17.3. The van der Waals surface area contributed by atoms with E-state index in [-0.39, 0.29) is 11.8 Å². The summed E-state index contributed by atoms with van der Waals surface area (Å²) >= 11 is 9.04. The van der Waals surface area contributed by atoms with Gasteiger partial charge in [-0.3, -0.25) is 9.80 Å². The third kappa shape index (κ3) is 3.30. The molecule has 1 atom stereocenters. The number of thiocarbonyl (C=S) groups is 1. The molecule has 1 fully saturated rings. The van der Waals surface area contributed by atoms with Gasteiger partial charge in [-0.2, -0.15) is 0 Å². The van der Waals surface area contributed by atoms with E-state index >= 15 is 0 Å². The third-order valence-electron chi connectivity index (χ3n) is 3.98. The zero-order valence-corrected chi connectivity index (χ0v) is 15.9. The van der Waals surface area contributed by atoms with Gasteiger partial charge in [-0.1, -0.05) is 41.1 Å². The van der Waals surface area contributed by atoms with E-state index in [0.29, 0.717) is 11.7 Å². The normalized spacial score (nSPS) is 17.3. The topological polar surface area (TPSA) is 35.6 Å². The first-order valence-electron chi connectivity index (χ1n) is 7.71. The van der Waals surface area contributed by atoms with Crippen molar-refractivity contribution in [2.75, 3.05) is 16.9 Å². The fourth-order valence-corrected chi connectivity index (χ4v) is 3.45. The average molecular weight is 404 g/mol. The van der Waals surface area contributed by atoms with Crippen LogP contribution >= 0.6 is 28.1 Å². The minimum absolute atomic E-state index is 0.0536. The molecule has 1 unspecified atom stereocenters. The van der Waals surface area contributed by atoms with Crippen molar-refractivity contribution in [3.63, 3.8) is 0 Å².